The highest BCUT2D eigenvalue weighted by Gasteiger charge is 2.13. The molecule has 1 rings (SSSR count). The molecule has 0 spiro atoms. The molecule has 3 N–H and O–H groups in total. The molecule has 0 amide bonds. The number of sulfonamides is 1. The molecule has 102 valence electrons. The number of hydrogen-bond donors (Lipinski definition) is 2. The SMILES string of the molecule is COc1ccc(N)cc1CNS(=O)(=O)CC(C)C. The largest absolute Gasteiger partial charge is 0.496 e. The number of nitrogen functional groups attached to an aromatic ring is 1. The van der Waals surface area contributed by atoms with E-state index in [0.29, 0.717) is 11.4 Å². The minimum atomic E-state index is -3.26. The Hall–Kier alpha value is -1.27. The van der Waals surface area contributed by atoms with Crippen LogP contribution >= 0.6 is 0 Å². The molecule has 0 aliphatic rings. The average Bonchev–Trinajstić information content (AvgIpc) is 2.25. The molecule has 0 radical (unpaired) electrons. The lowest BCUT2D eigenvalue weighted by molar-refractivity contribution is 0.409. The molecule has 0 aromatic heterocycles. The molecule has 0 fully saturated rings. The molecule has 0 saturated carbocycles. The number of nitrogens with two attached hydrogens (primary N) is 1. The summed E-state index contributed by atoms with van der Waals surface area (Å²) in [5.74, 6) is 0.819. The van der Waals surface area contributed by atoms with Crippen LogP contribution in [0.1, 0.15) is 19.4 Å². The van der Waals surface area contributed by atoms with E-state index in [1.54, 1.807) is 18.2 Å². The maximum atomic E-state index is 11.7. The third-order valence-electron chi connectivity index (χ3n) is 2.34. The molecule has 0 bridgehead atoms. The van der Waals surface area contributed by atoms with Crippen LogP contribution in [-0.2, 0) is 16.6 Å². The summed E-state index contributed by atoms with van der Waals surface area (Å²) in [5.41, 5.74) is 6.97. The van der Waals surface area contributed by atoms with Crippen molar-refractivity contribution in [1.29, 1.82) is 0 Å². The van der Waals surface area contributed by atoms with Crippen LogP contribution < -0.4 is 15.2 Å². The zero-order valence-corrected chi connectivity index (χ0v) is 11.8. The van der Waals surface area contributed by atoms with E-state index >= 15 is 0 Å². The van der Waals surface area contributed by atoms with Gasteiger partial charge in [-0.1, -0.05) is 13.8 Å². The molecule has 6 heteroatoms. The Kier molecular flexibility index (Phi) is 4.98. The lowest BCUT2D eigenvalue weighted by Gasteiger charge is -2.12. The topological polar surface area (TPSA) is 81.4 Å². The first-order valence-electron chi connectivity index (χ1n) is 5.74. The van der Waals surface area contributed by atoms with E-state index in [4.69, 9.17) is 10.5 Å². The van der Waals surface area contributed by atoms with Crippen LogP contribution in [0.3, 0.4) is 0 Å². The van der Waals surface area contributed by atoms with Gasteiger partial charge in [-0.25, -0.2) is 13.1 Å². The van der Waals surface area contributed by atoms with Gasteiger partial charge in [0.25, 0.3) is 0 Å². The normalized spacial score (nSPS) is 11.8. The number of hydrogen-bond acceptors (Lipinski definition) is 4. The van der Waals surface area contributed by atoms with Crippen LogP contribution in [0, 0.1) is 5.92 Å². The van der Waals surface area contributed by atoms with Crippen molar-refractivity contribution in [1.82, 2.24) is 4.72 Å². The van der Waals surface area contributed by atoms with Gasteiger partial charge in [-0.2, -0.15) is 0 Å². The molecule has 0 unspecified atom stereocenters. The Bertz CT molecular complexity index is 498. The molecule has 0 aliphatic heterocycles. The Morgan fingerprint density at radius 2 is 2.06 bits per heavy atom. The van der Waals surface area contributed by atoms with E-state index in [1.165, 1.54) is 7.11 Å². The van der Waals surface area contributed by atoms with Crippen LogP contribution in [0.15, 0.2) is 18.2 Å². The average molecular weight is 272 g/mol. The van der Waals surface area contributed by atoms with E-state index in [-0.39, 0.29) is 18.2 Å². The van der Waals surface area contributed by atoms with Crippen molar-refractivity contribution in [2.45, 2.75) is 20.4 Å². The highest BCUT2D eigenvalue weighted by Crippen LogP contribution is 2.21. The van der Waals surface area contributed by atoms with E-state index < -0.39 is 10.0 Å². The predicted octanol–water partition coefficient (Wildman–Crippen LogP) is 1.35. The molecule has 0 atom stereocenters. The molecule has 0 saturated heterocycles. The van der Waals surface area contributed by atoms with Crippen LogP contribution in [0.2, 0.25) is 0 Å². The van der Waals surface area contributed by atoms with Gasteiger partial charge in [0.2, 0.25) is 10.0 Å². The zero-order valence-electron chi connectivity index (χ0n) is 10.9. The molecular formula is C12H20N2O3S. The first kappa shape index (κ1) is 14.8. The van der Waals surface area contributed by atoms with Crippen LogP contribution in [0.5, 0.6) is 5.75 Å². The van der Waals surface area contributed by atoms with Crippen molar-refractivity contribution in [2.75, 3.05) is 18.6 Å². The highest BCUT2D eigenvalue weighted by atomic mass is 32.2. The second-order valence-electron chi connectivity index (χ2n) is 4.57. The van der Waals surface area contributed by atoms with Gasteiger partial charge in [0.05, 0.1) is 12.9 Å². The van der Waals surface area contributed by atoms with Crippen LogP contribution in [-0.4, -0.2) is 21.3 Å². The molecular weight excluding hydrogens is 252 g/mol. The number of benzene rings is 1. The molecule has 5 nitrogen and oxygen atoms in total. The van der Waals surface area contributed by atoms with Crippen LogP contribution in [0.4, 0.5) is 5.69 Å². The number of rotatable bonds is 6. The summed E-state index contributed by atoms with van der Waals surface area (Å²) >= 11 is 0. The van der Waals surface area contributed by atoms with Crippen molar-refractivity contribution in [2.24, 2.45) is 5.92 Å². The quantitative estimate of drug-likeness (QED) is 0.766. The second kappa shape index (κ2) is 6.06. The maximum Gasteiger partial charge on any atom is 0.212 e. The Morgan fingerprint density at radius 3 is 2.61 bits per heavy atom. The van der Waals surface area contributed by atoms with E-state index in [1.807, 2.05) is 13.8 Å². The first-order chi connectivity index (χ1) is 8.34. The zero-order chi connectivity index (χ0) is 13.8. The summed E-state index contributed by atoms with van der Waals surface area (Å²) < 4.78 is 31.1. The van der Waals surface area contributed by atoms with E-state index in [9.17, 15) is 8.42 Å². The summed E-state index contributed by atoms with van der Waals surface area (Å²) in [5, 5.41) is 0. The van der Waals surface area contributed by atoms with Crippen molar-refractivity contribution < 1.29 is 13.2 Å². The predicted molar refractivity (Wildman–Crippen MR) is 72.9 cm³/mol. The minimum Gasteiger partial charge on any atom is -0.496 e. The van der Waals surface area contributed by atoms with Gasteiger partial charge in [-0.3, -0.25) is 0 Å². The first-order valence-corrected chi connectivity index (χ1v) is 7.39. The standard InChI is InChI=1S/C12H20N2O3S/c1-9(2)8-18(15,16)14-7-10-6-11(13)4-5-12(10)17-3/h4-6,9,14H,7-8,13H2,1-3H3. The lowest BCUT2D eigenvalue weighted by atomic mass is 10.2. The van der Waals surface area contributed by atoms with Gasteiger partial charge >= 0.3 is 0 Å². The summed E-state index contributed by atoms with van der Waals surface area (Å²) in [4.78, 5) is 0. The smallest absolute Gasteiger partial charge is 0.212 e. The molecule has 1 aromatic rings. The maximum absolute atomic E-state index is 11.7. The summed E-state index contributed by atoms with van der Waals surface area (Å²) in [6, 6.07) is 5.14. The second-order valence-corrected chi connectivity index (χ2v) is 6.42. The van der Waals surface area contributed by atoms with Gasteiger partial charge < -0.3 is 10.5 Å². The Morgan fingerprint density at radius 1 is 1.39 bits per heavy atom. The summed E-state index contributed by atoms with van der Waals surface area (Å²) in [6.45, 7) is 3.91. The van der Waals surface area contributed by atoms with Crippen molar-refractivity contribution in [3.63, 3.8) is 0 Å². The number of ether oxygens (including phenoxy) is 1. The molecule has 18 heavy (non-hydrogen) atoms. The highest BCUT2D eigenvalue weighted by molar-refractivity contribution is 7.89. The molecule has 0 aliphatic carbocycles. The van der Waals surface area contributed by atoms with Gasteiger partial charge in [-0.15, -0.1) is 0 Å². The monoisotopic (exact) mass is 272 g/mol. The fourth-order valence-electron chi connectivity index (χ4n) is 1.62. The Labute approximate surface area is 108 Å². The van der Waals surface area contributed by atoms with Gasteiger partial charge in [0, 0.05) is 17.8 Å². The van der Waals surface area contributed by atoms with Gasteiger partial charge in [0.1, 0.15) is 5.75 Å². The molecule has 0 heterocycles. The van der Waals surface area contributed by atoms with E-state index in [2.05, 4.69) is 4.72 Å². The third kappa shape index (κ3) is 4.54. The lowest BCUT2D eigenvalue weighted by Crippen LogP contribution is -2.28. The third-order valence-corrected chi connectivity index (χ3v) is 4.03. The van der Waals surface area contributed by atoms with Crippen molar-refractivity contribution >= 4 is 15.7 Å². The van der Waals surface area contributed by atoms with E-state index in [0.717, 1.165) is 5.56 Å². The number of anilines is 1. The minimum absolute atomic E-state index is 0.0882. The fraction of sp³-hybridized carbons (Fsp3) is 0.500. The molecule has 1 aromatic carbocycles. The van der Waals surface area contributed by atoms with Crippen molar-refractivity contribution in [3.05, 3.63) is 23.8 Å². The van der Waals surface area contributed by atoms with Crippen LogP contribution in [0.25, 0.3) is 0 Å². The number of methoxy groups -OCH3 is 1. The summed E-state index contributed by atoms with van der Waals surface area (Å²) in [6.07, 6.45) is 0. The van der Waals surface area contributed by atoms with Gasteiger partial charge in [0.15, 0.2) is 0 Å². The summed E-state index contributed by atoms with van der Waals surface area (Å²) in [7, 11) is -1.72. The Balaban J connectivity index is 2.77. The fourth-order valence-corrected chi connectivity index (χ4v) is 2.99. The van der Waals surface area contributed by atoms with Gasteiger partial charge in [-0.05, 0) is 24.1 Å². The van der Waals surface area contributed by atoms with Crippen molar-refractivity contribution in [3.8, 4) is 5.75 Å². The number of nitrogens with one attached hydrogen (secondary N) is 1.